The third-order valence-electron chi connectivity index (χ3n) is 1.75. The van der Waals surface area contributed by atoms with E-state index in [4.69, 9.17) is 5.11 Å². The lowest BCUT2D eigenvalue weighted by Crippen LogP contribution is -2.02. The summed E-state index contributed by atoms with van der Waals surface area (Å²) in [5.74, 6) is 0.353. The fourth-order valence-electron chi connectivity index (χ4n) is 1.24. The van der Waals surface area contributed by atoms with Crippen LogP contribution in [-0.2, 0) is 0 Å². The Morgan fingerprint density at radius 2 is 2.23 bits per heavy atom. The Morgan fingerprint density at radius 3 is 3.00 bits per heavy atom. The minimum absolute atomic E-state index is 0.353. The van der Waals surface area contributed by atoms with Gasteiger partial charge in [-0.05, 0) is 18.2 Å². The Morgan fingerprint density at radius 1 is 1.38 bits per heavy atom. The smallest absolute Gasteiger partial charge is 0.449 e. The molecule has 0 aliphatic carbocycles. The molecule has 0 fully saturated rings. The predicted molar refractivity (Wildman–Crippen MR) is 47.0 cm³/mol. The van der Waals surface area contributed by atoms with Gasteiger partial charge < -0.3 is 14.8 Å². The second kappa shape index (κ2) is 2.82. The van der Waals surface area contributed by atoms with Crippen molar-refractivity contribution in [3.63, 3.8) is 0 Å². The van der Waals surface area contributed by atoms with Crippen molar-refractivity contribution >= 4 is 17.1 Å². The third kappa shape index (κ3) is 1.33. The van der Waals surface area contributed by atoms with Crippen LogP contribution in [0.5, 0.6) is 5.75 Å². The van der Waals surface area contributed by atoms with Gasteiger partial charge in [0.1, 0.15) is 5.75 Å². The molecule has 1 heterocycles. The number of nitrogens with one attached hydrogen (secondary N) is 1. The third-order valence-corrected chi connectivity index (χ3v) is 1.75. The van der Waals surface area contributed by atoms with E-state index in [0.717, 1.165) is 10.9 Å². The maximum Gasteiger partial charge on any atom is 0.511 e. The summed E-state index contributed by atoms with van der Waals surface area (Å²) in [5, 5.41) is 9.20. The number of H-pyrrole nitrogens is 1. The maximum absolute atomic E-state index is 10.3. The molecule has 4 heteroatoms. The molecule has 0 spiro atoms. The number of aromatic amines is 1. The van der Waals surface area contributed by atoms with Crippen LogP contribution in [0.3, 0.4) is 0 Å². The summed E-state index contributed by atoms with van der Waals surface area (Å²) in [7, 11) is 0. The first kappa shape index (κ1) is 7.67. The number of rotatable bonds is 1. The van der Waals surface area contributed by atoms with Gasteiger partial charge in [0.2, 0.25) is 0 Å². The topological polar surface area (TPSA) is 62.3 Å². The minimum atomic E-state index is -1.30. The highest BCUT2D eigenvalue weighted by atomic mass is 16.7. The van der Waals surface area contributed by atoms with Crippen LogP contribution in [0.2, 0.25) is 0 Å². The Balaban J connectivity index is 2.54. The number of carbonyl (C=O) groups is 1. The van der Waals surface area contributed by atoms with E-state index < -0.39 is 6.16 Å². The average Bonchev–Trinajstić information content (AvgIpc) is 2.51. The monoisotopic (exact) mass is 177 g/mol. The first-order chi connectivity index (χ1) is 6.27. The summed E-state index contributed by atoms with van der Waals surface area (Å²) in [6.45, 7) is 0. The summed E-state index contributed by atoms with van der Waals surface area (Å²) in [5.41, 5.74) is 0.860. The first-order valence-electron chi connectivity index (χ1n) is 3.74. The Labute approximate surface area is 73.8 Å². The number of benzene rings is 1. The Kier molecular flexibility index (Phi) is 1.66. The molecule has 1 aromatic heterocycles. The van der Waals surface area contributed by atoms with Crippen LogP contribution in [0.1, 0.15) is 0 Å². The summed E-state index contributed by atoms with van der Waals surface area (Å²) in [6, 6.07) is 6.97. The van der Waals surface area contributed by atoms with Crippen molar-refractivity contribution in [1.29, 1.82) is 0 Å². The molecule has 0 bridgehead atoms. The minimum Gasteiger partial charge on any atom is -0.449 e. The van der Waals surface area contributed by atoms with E-state index in [2.05, 4.69) is 9.72 Å². The van der Waals surface area contributed by atoms with Crippen molar-refractivity contribution in [2.75, 3.05) is 0 Å². The number of hydrogen-bond donors (Lipinski definition) is 2. The van der Waals surface area contributed by atoms with Crippen LogP contribution < -0.4 is 4.74 Å². The van der Waals surface area contributed by atoms with Crippen molar-refractivity contribution in [1.82, 2.24) is 4.98 Å². The molecule has 0 radical (unpaired) electrons. The van der Waals surface area contributed by atoms with Gasteiger partial charge in [0.25, 0.3) is 0 Å². The van der Waals surface area contributed by atoms with Crippen molar-refractivity contribution in [3.8, 4) is 5.75 Å². The van der Waals surface area contributed by atoms with Gasteiger partial charge >= 0.3 is 6.16 Å². The number of fused-ring (bicyclic) bond motifs is 1. The van der Waals surface area contributed by atoms with E-state index in [9.17, 15) is 4.79 Å². The molecule has 1 aromatic carbocycles. The van der Waals surface area contributed by atoms with Crippen LogP contribution in [0.25, 0.3) is 10.9 Å². The van der Waals surface area contributed by atoms with E-state index in [1.54, 1.807) is 24.4 Å². The lowest BCUT2D eigenvalue weighted by molar-refractivity contribution is 0.145. The van der Waals surface area contributed by atoms with Crippen molar-refractivity contribution < 1.29 is 14.6 Å². The standard InChI is InChI=1S/C9H7NO3/c11-9(12)13-8-3-1-2-7-6(8)4-5-10-7/h1-5,10H,(H,11,12). The second-order valence-electron chi connectivity index (χ2n) is 2.56. The number of ether oxygens (including phenoxy) is 1. The van der Waals surface area contributed by atoms with Crippen LogP contribution in [0.4, 0.5) is 4.79 Å². The molecule has 0 aliphatic heterocycles. The van der Waals surface area contributed by atoms with E-state index >= 15 is 0 Å². The zero-order valence-corrected chi connectivity index (χ0v) is 6.65. The Bertz CT molecular complexity index is 447. The zero-order valence-electron chi connectivity index (χ0n) is 6.65. The van der Waals surface area contributed by atoms with Crippen LogP contribution >= 0.6 is 0 Å². The highest BCUT2D eigenvalue weighted by Gasteiger charge is 2.05. The molecular weight excluding hydrogens is 170 g/mol. The van der Waals surface area contributed by atoms with Crippen LogP contribution in [0, 0.1) is 0 Å². The predicted octanol–water partition coefficient (Wildman–Crippen LogP) is 2.22. The molecule has 0 saturated carbocycles. The molecule has 13 heavy (non-hydrogen) atoms. The normalized spacial score (nSPS) is 10.2. The highest BCUT2D eigenvalue weighted by Crippen LogP contribution is 2.24. The molecule has 4 nitrogen and oxygen atoms in total. The second-order valence-corrected chi connectivity index (χ2v) is 2.56. The molecule has 66 valence electrons. The SMILES string of the molecule is O=C(O)Oc1cccc2[nH]ccc12. The summed E-state index contributed by atoms with van der Waals surface area (Å²) < 4.78 is 4.58. The molecule has 0 saturated heterocycles. The van der Waals surface area contributed by atoms with Gasteiger partial charge in [0.05, 0.1) is 0 Å². The molecule has 2 N–H and O–H groups in total. The van der Waals surface area contributed by atoms with Gasteiger partial charge in [0, 0.05) is 17.1 Å². The lowest BCUT2D eigenvalue weighted by atomic mass is 10.2. The van der Waals surface area contributed by atoms with Crippen molar-refractivity contribution in [2.24, 2.45) is 0 Å². The summed E-state index contributed by atoms with van der Waals surface area (Å²) in [4.78, 5) is 13.3. The Hall–Kier alpha value is -1.97. The largest absolute Gasteiger partial charge is 0.511 e. The van der Waals surface area contributed by atoms with Crippen molar-refractivity contribution in [3.05, 3.63) is 30.5 Å². The molecule has 0 aliphatic rings. The molecular formula is C9H7NO3. The van der Waals surface area contributed by atoms with E-state index in [1.807, 2.05) is 6.07 Å². The fraction of sp³-hybridized carbons (Fsp3) is 0. The lowest BCUT2D eigenvalue weighted by Gasteiger charge is -1.99. The zero-order chi connectivity index (χ0) is 9.26. The van der Waals surface area contributed by atoms with Crippen LogP contribution in [-0.4, -0.2) is 16.2 Å². The fourth-order valence-corrected chi connectivity index (χ4v) is 1.24. The van der Waals surface area contributed by atoms with Gasteiger partial charge in [-0.25, -0.2) is 4.79 Å². The summed E-state index contributed by atoms with van der Waals surface area (Å²) >= 11 is 0. The summed E-state index contributed by atoms with van der Waals surface area (Å²) in [6.07, 6.45) is 0.438. The maximum atomic E-state index is 10.3. The van der Waals surface area contributed by atoms with E-state index in [-0.39, 0.29) is 0 Å². The van der Waals surface area contributed by atoms with Gasteiger partial charge in [-0.2, -0.15) is 0 Å². The quantitative estimate of drug-likeness (QED) is 0.518. The van der Waals surface area contributed by atoms with Gasteiger partial charge in [-0.15, -0.1) is 0 Å². The van der Waals surface area contributed by atoms with Crippen molar-refractivity contribution in [2.45, 2.75) is 0 Å². The molecule has 0 amide bonds. The van der Waals surface area contributed by atoms with Gasteiger partial charge in [0.15, 0.2) is 0 Å². The first-order valence-corrected chi connectivity index (χ1v) is 3.74. The van der Waals surface area contributed by atoms with E-state index in [0.29, 0.717) is 5.75 Å². The van der Waals surface area contributed by atoms with Gasteiger partial charge in [-0.3, -0.25) is 0 Å². The molecule has 0 atom stereocenters. The highest BCUT2D eigenvalue weighted by molar-refractivity contribution is 5.87. The molecule has 2 rings (SSSR count). The van der Waals surface area contributed by atoms with Gasteiger partial charge in [-0.1, -0.05) is 6.07 Å². The number of aromatic nitrogens is 1. The molecule has 2 aromatic rings. The van der Waals surface area contributed by atoms with E-state index in [1.165, 1.54) is 0 Å². The average molecular weight is 177 g/mol. The molecule has 0 unspecified atom stereocenters. The number of hydrogen-bond acceptors (Lipinski definition) is 2. The van der Waals surface area contributed by atoms with Crippen LogP contribution in [0.15, 0.2) is 30.5 Å². The number of carboxylic acid groups (broad SMARTS) is 1.